The summed E-state index contributed by atoms with van der Waals surface area (Å²) in [6.45, 7) is 1.83. The Morgan fingerprint density at radius 2 is 2.00 bits per heavy atom. The number of hydrogen-bond donors (Lipinski definition) is 1. The molecular weight excluding hydrogens is 346 g/mol. The average Bonchev–Trinajstić information content (AvgIpc) is 2.84. The van der Waals surface area contributed by atoms with Gasteiger partial charge in [-0.05, 0) is 30.7 Å². The van der Waals surface area contributed by atoms with E-state index in [-0.39, 0.29) is 18.0 Å². The van der Waals surface area contributed by atoms with Crippen molar-refractivity contribution in [3.63, 3.8) is 0 Å². The molecule has 0 aliphatic carbocycles. The normalized spacial score (nSPS) is 17.0. The number of imide groups is 1. The van der Waals surface area contributed by atoms with Crippen LogP contribution >= 0.6 is 11.6 Å². The highest BCUT2D eigenvalue weighted by Gasteiger charge is 2.39. The Labute approximate surface area is 148 Å². The van der Waals surface area contributed by atoms with E-state index in [0.29, 0.717) is 16.4 Å². The Morgan fingerprint density at radius 1 is 1.24 bits per heavy atom. The molecule has 1 atom stereocenters. The predicted octanol–water partition coefficient (Wildman–Crippen LogP) is 3.30. The first-order valence-corrected chi connectivity index (χ1v) is 7.88. The standard InChI is InChI=1S/C17H14ClN3O4/c1-10-5-6-12(8-14(10)18)20-16(22)9-15(17(20)23)19-11-3-2-4-13(7-11)21(24)25/h2-8,15,19H,9H2,1H3/t15-/m1/s1. The third kappa shape index (κ3) is 3.32. The minimum Gasteiger partial charge on any atom is -0.373 e. The van der Waals surface area contributed by atoms with Crippen LogP contribution in [0, 0.1) is 17.0 Å². The number of halogens is 1. The molecule has 1 heterocycles. The minimum absolute atomic E-state index is 0.0347. The molecule has 0 spiro atoms. The van der Waals surface area contributed by atoms with Gasteiger partial charge >= 0.3 is 0 Å². The number of benzene rings is 2. The van der Waals surface area contributed by atoms with Gasteiger partial charge in [0.15, 0.2) is 0 Å². The summed E-state index contributed by atoms with van der Waals surface area (Å²) in [5.74, 6) is -0.774. The van der Waals surface area contributed by atoms with Crippen molar-refractivity contribution in [1.82, 2.24) is 0 Å². The fraction of sp³-hybridized carbons (Fsp3) is 0.176. The van der Waals surface area contributed by atoms with Gasteiger partial charge < -0.3 is 5.32 Å². The zero-order valence-corrected chi connectivity index (χ0v) is 14.0. The highest BCUT2D eigenvalue weighted by molar-refractivity contribution is 6.32. The number of nitrogens with one attached hydrogen (secondary N) is 1. The number of non-ortho nitro benzene ring substituents is 1. The molecule has 128 valence electrons. The van der Waals surface area contributed by atoms with Gasteiger partial charge in [-0.2, -0.15) is 0 Å². The summed E-state index contributed by atoms with van der Waals surface area (Å²) in [7, 11) is 0. The van der Waals surface area contributed by atoms with Gasteiger partial charge in [-0.15, -0.1) is 0 Å². The van der Waals surface area contributed by atoms with Crippen LogP contribution in [0.25, 0.3) is 0 Å². The third-order valence-electron chi connectivity index (χ3n) is 3.96. The Kier molecular flexibility index (Phi) is 4.41. The predicted molar refractivity (Wildman–Crippen MR) is 93.8 cm³/mol. The van der Waals surface area contributed by atoms with Gasteiger partial charge in [0.25, 0.3) is 11.6 Å². The van der Waals surface area contributed by atoms with E-state index in [1.165, 1.54) is 18.2 Å². The van der Waals surface area contributed by atoms with Crippen molar-refractivity contribution in [3.8, 4) is 0 Å². The lowest BCUT2D eigenvalue weighted by Gasteiger charge is -2.16. The summed E-state index contributed by atoms with van der Waals surface area (Å²) in [6.07, 6.45) is -0.0347. The molecular formula is C17H14ClN3O4. The first-order chi connectivity index (χ1) is 11.9. The number of anilines is 2. The quantitative estimate of drug-likeness (QED) is 0.513. The van der Waals surface area contributed by atoms with Crippen molar-refractivity contribution in [3.05, 3.63) is 63.2 Å². The van der Waals surface area contributed by atoms with Crippen molar-refractivity contribution in [2.45, 2.75) is 19.4 Å². The van der Waals surface area contributed by atoms with E-state index < -0.39 is 16.9 Å². The number of hydrogen-bond acceptors (Lipinski definition) is 5. The maximum atomic E-state index is 12.6. The van der Waals surface area contributed by atoms with Gasteiger partial charge in [-0.25, -0.2) is 4.90 Å². The second-order valence-electron chi connectivity index (χ2n) is 5.71. The van der Waals surface area contributed by atoms with E-state index in [2.05, 4.69) is 5.32 Å². The van der Waals surface area contributed by atoms with Crippen molar-refractivity contribution >= 4 is 40.5 Å². The fourth-order valence-corrected chi connectivity index (χ4v) is 2.82. The molecule has 0 unspecified atom stereocenters. The summed E-state index contributed by atoms with van der Waals surface area (Å²) in [6, 6.07) is 9.98. The van der Waals surface area contributed by atoms with Gasteiger partial charge in [-0.1, -0.05) is 23.7 Å². The number of aryl methyl sites for hydroxylation is 1. The molecule has 7 nitrogen and oxygen atoms in total. The molecule has 1 aliphatic heterocycles. The zero-order valence-electron chi connectivity index (χ0n) is 13.2. The lowest BCUT2D eigenvalue weighted by atomic mass is 10.2. The van der Waals surface area contributed by atoms with Crippen molar-refractivity contribution in [1.29, 1.82) is 0 Å². The highest BCUT2D eigenvalue weighted by atomic mass is 35.5. The first-order valence-electron chi connectivity index (χ1n) is 7.51. The molecule has 3 rings (SSSR count). The van der Waals surface area contributed by atoms with Gasteiger partial charge in [-0.3, -0.25) is 19.7 Å². The Morgan fingerprint density at radius 3 is 2.68 bits per heavy atom. The smallest absolute Gasteiger partial charge is 0.271 e. The molecule has 25 heavy (non-hydrogen) atoms. The van der Waals surface area contributed by atoms with Gasteiger partial charge in [0.05, 0.1) is 17.0 Å². The second-order valence-corrected chi connectivity index (χ2v) is 6.12. The van der Waals surface area contributed by atoms with Crippen LogP contribution in [0.3, 0.4) is 0 Å². The van der Waals surface area contributed by atoms with E-state index in [1.54, 1.807) is 24.3 Å². The first kappa shape index (κ1) is 16.9. The Bertz CT molecular complexity index is 884. The lowest BCUT2D eigenvalue weighted by molar-refractivity contribution is -0.384. The lowest BCUT2D eigenvalue weighted by Crippen LogP contribution is -2.34. The summed E-state index contributed by atoms with van der Waals surface area (Å²) < 4.78 is 0. The number of nitro benzene ring substituents is 1. The number of nitro groups is 1. The molecule has 0 aromatic heterocycles. The number of amides is 2. The summed E-state index contributed by atoms with van der Waals surface area (Å²) in [4.78, 5) is 36.3. The van der Waals surface area contributed by atoms with Crippen LogP contribution in [0.15, 0.2) is 42.5 Å². The van der Waals surface area contributed by atoms with Crippen LogP contribution in [-0.2, 0) is 9.59 Å². The maximum absolute atomic E-state index is 12.6. The third-order valence-corrected chi connectivity index (χ3v) is 4.37. The summed E-state index contributed by atoms with van der Waals surface area (Å²) >= 11 is 6.07. The molecule has 8 heteroatoms. The molecule has 1 fully saturated rings. The zero-order chi connectivity index (χ0) is 18.1. The number of carbonyl (C=O) groups is 2. The molecule has 1 saturated heterocycles. The van der Waals surface area contributed by atoms with Crippen molar-refractivity contribution in [2.24, 2.45) is 0 Å². The van der Waals surface area contributed by atoms with E-state index in [9.17, 15) is 19.7 Å². The molecule has 1 N–H and O–H groups in total. The second kappa shape index (κ2) is 6.52. The number of nitrogens with zero attached hydrogens (tertiary/aromatic N) is 2. The van der Waals surface area contributed by atoms with E-state index >= 15 is 0 Å². The molecule has 2 aromatic rings. The van der Waals surface area contributed by atoms with Crippen LogP contribution in [-0.4, -0.2) is 22.8 Å². The maximum Gasteiger partial charge on any atom is 0.271 e. The number of rotatable bonds is 4. The van der Waals surface area contributed by atoms with E-state index in [0.717, 1.165) is 10.5 Å². The average molecular weight is 360 g/mol. The van der Waals surface area contributed by atoms with E-state index in [4.69, 9.17) is 11.6 Å². The minimum atomic E-state index is -0.783. The summed E-state index contributed by atoms with van der Waals surface area (Å²) in [5, 5.41) is 14.2. The van der Waals surface area contributed by atoms with Crippen LogP contribution in [0.4, 0.5) is 17.1 Å². The van der Waals surface area contributed by atoms with E-state index in [1.807, 2.05) is 6.92 Å². The van der Waals surface area contributed by atoms with Gasteiger partial charge in [0.1, 0.15) is 6.04 Å². The largest absolute Gasteiger partial charge is 0.373 e. The van der Waals surface area contributed by atoms with Crippen LogP contribution < -0.4 is 10.2 Å². The monoisotopic (exact) mass is 359 g/mol. The van der Waals surface area contributed by atoms with Gasteiger partial charge in [0.2, 0.25) is 5.91 Å². The van der Waals surface area contributed by atoms with Crippen molar-refractivity contribution < 1.29 is 14.5 Å². The molecule has 2 aromatic carbocycles. The van der Waals surface area contributed by atoms with Crippen molar-refractivity contribution in [2.75, 3.05) is 10.2 Å². The molecule has 0 saturated carbocycles. The SMILES string of the molecule is Cc1ccc(N2C(=O)C[C@@H](Nc3cccc([N+](=O)[O-])c3)C2=O)cc1Cl. The molecule has 0 radical (unpaired) electrons. The topological polar surface area (TPSA) is 92.6 Å². The summed E-state index contributed by atoms with van der Waals surface area (Å²) in [5.41, 5.74) is 1.57. The van der Waals surface area contributed by atoms with Gasteiger partial charge in [0, 0.05) is 22.8 Å². The molecule has 2 amide bonds. The van der Waals surface area contributed by atoms with Crippen LogP contribution in [0.1, 0.15) is 12.0 Å². The number of carbonyl (C=O) groups excluding carboxylic acids is 2. The molecule has 1 aliphatic rings. The molecule has 0 bridgehead atoms. The highest BCUT2D eigenvalue weighted by Crippen LogP contribution is 2.29. The van der Waals surface area contributed by atoms with Crippen LogP contribution in [0.5, 0.6) is 0 Å². The Balaban J connectivity index is 1.82. The fourth-order valence-electron chi connectivity index (χ4n) is 2.65. The Hall–Kier alpha value is -2.93. The van der Waals surface area contributed by atoms with Crippen LogP contribution in [0.2, 0.25) is 5.02 Å².